The molecule has 0 unspecified atom stereocenters. The lowest BCUT2D eigenvalue weighted by Gasteiger charge is -2.13. The summed E-state index contributed by atoms with van der Waals surface area (Å²) >= 11 is 1.55. The number of amides is 1. The summed E-state index contributed by atoms with van der Waals surface area (Å²) in [6.45, 7) is 0.770. The van der Waals surface area contributed by atoms with Crippen LogP contribution in [0.25, 0.3) is 10.2 Å². The molecule has 0 aliphatic heterocycles. The van der Waals surface area contributed by atoms with Gasteiger partial charge in [-0.3, -0.25) is 18.7 Å². The highest BCUT2D eigenvalue weighted by molar-refractivity contribution is 7.18. The van der Waals surface area contributed by atoms with Crippen LogP contribution in [0.3, 0.4) is 0 Å². The monoisotopic (exact) mass is 427 g/mol. The molecule has 1 aliphatic carbocycles. The van der Waals surface area contributed by atoms with E-state index in [1.54, 1.807) is 23.0 Å². The molecule has 2 heterocycles. The molecule has 1 N–H and O–H groups in total. The third-order valence-electron chi connectivity index (χ3n) is 5.43. The zero-order valence-corrected chi connectivity index (χ0v) is 17.8. The number of hydrogen-bond donors (Lipinski definition) is 1. The minimum absolute atomic E-state index is 0.295. The molecule has 3 aromatic rings. The Hall–Kier alpha value is -2.71. The van der Waals surface area contributed by atoms with E-state index in [0.29, 0.717) is 25.1 Å². The van der Waals surface area contributed by atoms with E-state index >= 15 is 0 Å². The summed E-state index contributed by atoms with van der Waals surface area (Å²) in [6.07, 6.45) is 3.91. The van der Waals surface area contributed by atoms with E-state index in [9.17, 15) is 14.4 Å². The van der Waals surface area contributed by atoms with Gasteiger partial charge in [-0.2, -0.15) is 0 Å². The van der Waals surface area contributed by atoms with Crippen LogP contribution in [0.1, 0.15) is 28.8 Å². The van der Waals surface area contributed by atoms with Crippen LogP contribution < -0.4 is 16.6 Å². The van der Waals surface area contributed by atoms with Crippen molar-refractivity contribution in [2.45, 2.75) is 38.8 Å². The van der Waals surface area contributed by atoms with Crippen molar-refractivity contribution in [2.24, 2.45) is 0 Å². The second kappa shape index (κ2) is 8.97. The van der Waals surface area contributed by atoms with Gasteiger partial charge in [-0.05, 0) is 36.8 Å². The fourth-order valence-corrected chi connectivity index (χ4v) is 5.33. The molecule has 30 heavy (non-hydrogen) atoms. The first-order valence-electron chi connectivity index (χ1n) is 10.2. The van der Waals surface area contributed by atoms with Crippen LogP contribution >= 0.6 is 11.3 Å². The number of thiophene rings is 1. The van der Waals surface area contributed by atoms with Gasteiger partial charge in [0, 0.05) is 18.5 Å². The molecule has 0 saturated carbocycles. The third-order valence-corrected chi connectivity index (χ3v) is 6.75. The molecular weight excluding hydrogens is 402 g/mol. The predicted molar refractivity (Wildman–Crippen MR) is 117 cm³/mol. The number of methoxy groups -OCH3 is 1. The van der Waals surface area contributed by atoms with E-state index < -0.39 is 5.69 Å². The molecule has 8 heteroatoms. The van der Waals surface area contributed by atoms with Crippen LogP contribution in [0.15, 0.2) is 39.9 Å². The maximum Gasteiger partial charge on any atom is 0.332 e. The fraction of sp³-hybridized carbons (Fsp3) is 0.409. The van der Waals surface area contributed by atoms with E-state index in [1.165, 1.54) is 4.88 Å². The van der Waals surface area contributed by atoms with Crippen LogP contribution in [-0.4, -0.2) is 35.3 Å². The normalized spacial score (nSPS) is 13.4. The molecule has 1 amide bonds. The van der Waals surface area contributed by atoms with Gasteiger partial charge in [0.05, 0.1) is 18.5 Å². The molecule has 4 rings (SSSR count). The Bertz CT molecular complexity index is 1180. The lowest BCUT2D eigenvalue weighted by molar-refractivity contribution is -0.121. The Morgan fingerprint density at radius 1 is 1.13 bits per heavy atom. The summed E-state index contributed by atoms with van der Waals surface area (Å²) < 4.78 is 7.67. The van der Waals surface area contributed by atoms with Crippen molar-refractivity contribution in [2.75, 3.05) is 20.3 Å². The van der Waals surface area contributed by atoms with Gasteiger partial charge in [0.15, 0.2) is 0 Å². The molecular formula is C22H25N3O4S. The van der Waals surface area contributed by atoms with E-state index in [4.69, 9.17) is 4.74 Å². The number of nitrogens with zero attached hydrogens (tertiary/aromatic N) is 2. The summed E-state index contributed by atoms with van der Waals surface area (Å²) in [4.78, 5) is 40.9. The van der Waals surface area contributed by atoms with Crippen molar-refractivity contribution < 1.29 is 9.53 Å². The summed E-state index contributed by atoms with van der Waals surface area (Å²) in [7, 11) is 1.55. The van der Waals surface area contributed by atoms with Gasteiger partial charge < -0.3 is 10.1 Å². The van der Waals surface area contributed by atoms with E-state index in [1.807, 2.05) is 30.3 Å². The average Bonchev–Trinajstić information content (AvgIpc) is 3.15. The number of aromatic nitrogens is 2. The number of hydrogen-bond acceptors (Lipinski definition) is 5. The highest BCUT2D eigenvalue weighted by Crippen LogP contribution is 2.34. The summed E-state index contributed by atoms with van der Waals surface area (Å²) in [6, 6.07) is 9.70. The van der Waals surface area contributed by atoms with E-state index in [-0.39, 0.29) is 18.0 Å². The van der Waals surface area contributed by atoms with Crippen molar-refractivity contribution in [3.05, 3.63) is 67.2 Å². The number of ether oxygens (including phenoxy) is 1. The minimum atomic E-state index is -0.447. The highest BCUT2D eigenvalue weighted by atomic mass is 32.1. The minimum Gasteiger partial charge on any atom is -0.383 e. The van der Waals surface area contributed by atoms with Gasteiger partial charge in [0.1, 0.15) is 11.4 Å². The number of benzene rings is 1. The number of carbonyl (C=O) groups excluding carboxylic acids is 1. The largest absolute Gasteiger partial charge is 0.383 e. The fourth-order valence-electron chi connectivity index (χ4n) is 3.95. The molecule has 2 aromatic heterocycles. The van der Waals surface area contributed by atoms with Crippen LogP contribution in [0, 0.1) is 0 Å². The third kappa shape index (κ3) is 3.97. The van der Waals surface area contributed by atoms with Crippen LogP contribution in [-0.2, 0) is 35.5 Å². The molecule has 0 fully saturated rings. The molecule has 1 aliphatic rings. The number of fused-ring (bicyclic) bond motifs is 3. The van der Waals surface area contributed by atoms with Crippen LogP contribution in [0.2, 0.25) is 0 Å². The maximum atomic E-state index is 13.3. The van der Waals surface area contributed by atoms with Crippen molar-refractivity contribution in [1.29, 1.82) is 0 Å². The molecule has 1 aromatic carbocycles. The maximum absolute atomic E-state index is 13.3. The van der Waals surface area contributed by atoms with Gasteiger partial charge in [0.2, 0.25) is 5.91 Å². The van der Waals surface area contributed by atoms with E-state index in [2.05, 4.69) is 5.32 Å². The van der Waals surface area contributed by atoms with Crippen molar-refractivity contribution >= 4 is 27.5 Å². The Labute approximate surface area is 177 Å². The lowest BCUT2D eigenvalue weighted by atomic mass is 9.97. The van der Waals surface area contributed by atoms with Crippen LogP contribution in [0.5, 0.6) is 0 Å². The Kier molecular flexibility index (Phi) is 6.15. The molecule has 0 saturated heterocycles. The highest BCUT2D eigenvalue weighted by Gasteiger charge is 2.24. The molecule has 0 bridgehead atoms. The van der Waals surface area contributed by atoms with E-state index in [0.717, 1.165) is 46.2 Å². The molecule has 7 nitrogen and oxygen atoms in total. The van der Waals surface area contributed by atoms with Crippen molar-refractivity contribution in [3.8, 4) is 0 Å². The molecule has 158 valence electrons. The Morgan fingerprint density at radius 2 is 1.90 bits per heavy atom. The van der Waals surface area contributed by atoms with Crippen molar-refractivity contribution in [1.82, 2.24) is 14.5 Å². The number of carbonyl (C=O) groups is 1. The van der Waals surface area contributed by atoms with Crippen molar-refractivity contribution in [3.63, 3.8) is 0 Å². The summed E-state index contributed by atoms with van der Waals surface area (Å²) in [5.41, 5.74) is 1.22. The molecule has 0 radical (unpaired) electrons. The summed E-state index contributed by atoms with van der Waals surface area (Å²) in [5, 5.41) is 3.30. The number of nitrogens with one attached hydrogen (secondary N) is 1. The Balaban J connectivity index is 1.83. The lowest BCUT2D eigenvalue weighted by Crippen LogP contribution is -2.44. The standard InChI is InChI=1S/C22H25N3O4S/c1-29-12-11-23-18(26)14-24-20(27)19-16-9-5-6-10-17(16)30-21(19)25(22(24)28)13-15-7-3-2-4-8-15/h2-4,7-8H,5-6,9-14H2,1H3,(H,23,26). The first-order valence-corrected chi connectivity index (χ1v) is 11.0. The zero-order chi connectivity index (χ0) is 21.1. The predicted octanol–water partition coefficient (Wildman–Crippen LogP) is 1.91. The van der Waals surface area contributed by atoms with Gasteiger partial charge in [-0.1, -0.05) is 30.3 Å². The first kappa shape index (κ1) is 20.6. The van der Waals surface area contributed by atoms with Gasteiger partial charge in [-0.25, -0.2) is 4.79 Å². The topological polar surface area (TPSA) is 82.3 Å². The van der Waals surface area contributed by atoms with Gasteiger partial charge in [-0.15, -0.1) is 11.3 Å². The van der Waals surface area contributed by atoms with Gasteiger partial charge >= 0.3 is 5.69 Å². The summed E-state index contributed by atoms with van der Waals surface area (Å²) in [5.74, 6) is -0.374. The van der Waals surface area contributed by atoms with Crippen LogP contribution in [0.4, 0.5) is 0 Å². The average molecular weight is 428 g/mol. The second-order valence-corrected chi connectivity index (χ2v) is 8.56. The first-order chi connectivity index (χ1) is 14.6. The quantitative estimate of drug-likeness (QED) is 0.584. The molecule has 0 spiro atoms. The van der Waals surface area contributed by atoms with Gasteiger partial charge in [0.25, 0.3) is 5.56 Å². The second-order valence-electron chi connectivity index (χ2n) is 7.48. The molecule has 0 atom stereocenters. The number of aryl methyl sites for hydroxylation is 2. The Morgan fingerprint density at radius 3 is 2.67 bits per heavy atom. The number of rotatable bonds is 7. The SMILES string of the molecule is COCCNC(=O)Cn1c(=O)c2c3c(sc2n(Cc2ccccc2)c1=O)CCCC3. The zero-order valence-electron chi connectivity index (χ0n) is 17.0. The smallest absolute Gasteiger partial charge is 0.332 e.